The van der Waals surface area contributed by atoms with E-state index in [1.165, 1.54) is 6.33 Å². The number of benzene rings is 1. The third-order valence-electron chi connectivity index (χ3n) is 2.15. The molecule has 90 valence electrons. The minimum atomic E-state index is -0.266. The maximum Gasteiger partial charge on any atom is 0.267 e. The summed E-state index contributed by atoms with van der Waals surface area (Å²) in [5.74, 6) is 0.407. The number of H-pyrrole nitrogens is 1. The van der Waals surface area contributed by atoms with E-state index in [9.17, 15) is 4.79 Å². The first-order valence-electron chi connectivity index (χ1n) is 4.81. The number of halogens is 2. The predicted octanol–water partition coefficient (Wildman–Crippen LogP) is 2.91. The number of nitrogens with one attached hydrogen (secondary N) is 2. The highest BCUT2D eigenvalue weighted by atomic mass is 79.9. The molecule has 0 unspecified atom stereocenters. The minimum Gasteiger partial charge on any atom is -0.338 e. The van der Waals surface area contributed by atoms with Gasteiger partial charge in [0.25, 0.3) is 5.56 Å². The highest BCUT2D eigenvalue weighted by Crippen LogP contribution is 2.27. The molecule has 5 nitrogen and oxygen atoms in total. The maximum atomic E-state index is 11.4. The molecule has 1 heterocycles. The molecule has 2 aromatic rings. The van der Waals surface area contributed by atoms with E-state index in [0.717, 1.165) is 4.47 Å². The smallest absolute Gasteiger partial charge is 0.267 e. The lowest BCUT2D eigenvalue weighted by Gasteiger charge is -2.08. The Morgan fingerprint density at radius 3 is 2.83 bits per heavy atom. The molecule has 0 amide bonds. The molecule has 0 aliphatic rings. The van der Waals surface area contributed by atoms with E-state index in [1.807, 2.05) is 6.07 Å². The van der Waals surface area contributed by atoms with Crippen molar-refractivity contribution in [3.63, 3.8) is 0 Å². The van der Waals surface area contributed by atoms with E-state index in [-0.39, 0.29) is 5.56 Å². The normalized spacial score (nSPS) is 9.83. The van der Waals surface area contributed by atoms with Crippen molar-refractivity contribution >= 4 is 43.4 Å². The van der Waals surface area contributed by atoms with Crippen molar-refractivity contribution in [2.75, 3.05) is 5.32 Å². The van der Waals surface area contributed by atoms with Crippen molar-refractivity contribution in [1.29, 1.82) is 5.26 Å². The molecule has 0 saturated heterocycles. The molecule has 2 N–H and O–H groups in total. The van der Waals surface area contributed by atoms with Gasteiger partial charge in [-0.1, -0.05) is 0 Å². The fraction of sp³-hybridized carbons (Fsp3) is 0. The quantitative estimate of drug-likeness (QED) is 0.852. The monoisotopic (exact) mass is 368 g/mol. The molecule has 1 aromatic carbocycles. The largest absolute Gasteiger partial charge is 0.338 e. The Morgan fingerprint density at radius 1 is 1.39 bits per heavy atom. The van der Waals surface area contributed by atoms with Crippen LogP contribution in [0.25, 0.3) is 0 Å². The third-order valence-corrected chi connectivity index (χ3v) is 3.54. The molecule has 0 fully saturated rings. The van der Waals surface area contributed by atoms with Gasteiger partial charge < -0.3 is 10.3 Å². The van der Waals surface area contributed by atoms with Crippen molar-refractivity contribution in [2.45, 2.75) is 0 Å². The van der Waals surface area contributed by atoms with Crippen LogP contribution in [0.15, 0.2) is 38.3 Å². The number of hydrogen-bond acceptors (Lipinski definition) is 4. The van der Waals surface area contributed by atoms with E-state index in [0.29, 0.717) is 21.5 Å². The van der Waals surface area contributed by atoms with Gasteiger partial charge in [0.2, 0.25) is 0 Å². The molecule has 0 aliphatic carbocycles. The standard InChI is InChI=1S/C11H6Br2N4O/c12-7-3-6(4-14)1-2-8(7)17-10-9(13)11(18)16-5-15-10/h1-3,5H,(H2,15,16,17,18). The van der Waals surface area contributed by atoms with Crippen LogP contribution in [0.3, 0.4) is 0 Å². The summed E-state index contributed by atoms with van der Waals surface area (Å²) in [5, 5.41) is 11.8. The molecule has 0 atom stereocenters. The average Bonchev–Trinajstić information content (AvgIpc) is 2.37. The lowest BCUT2D eigenvalue weighted by Crippen LogP contribution is -2.10. The van der Waals surface area contributed by atoms with Crippen molar-refractivity contribution in [1.82, 2.24) is 9.97 Å². The predicted molar refractivity (Wildman–Crippen MR) is 74.7 cm³/mol. The van der Waals surface area contributed by atoms with Crippen LogP contribution >= 0.6 is 31.9 Å². The Kier molecular flexibility index (Phi) is 3.79. The summed E-state index contributed by atoms with van der Waals surface area (Å²) in [6.07, 6.45) is 1.31. The van der Waals surface area contributed by atoms with Gasteiger partial charge in [0.1, 0.15) is 4.47 Å². The van der Waals surface area contributed by atoms with Gasteiger partial charge in [0.05, 0.1) is 23.6 Å². The van der Waals surface area contributed by atoms with Crippen LogP contribution in [0.4, 0.5) is 11.5 Å². The van der Waals surface area contributed by atoms with Crippen molar-refractivity contribution in [3.05, 3.63) is 49.4 Å². The molecule has 7 heteroatoms. The first-order chi connectivity index (χ1) is 8.61. The summed E-state index contributed by atoms with van der Waals surface area (Å²) in [6, 6.07) is 7.13. The second kappa shape index (κ2) is 5.33. The van der Waals surface area contributed by atoms with Crippen LogP contribution in [-0.2, 0) is 0 Å². The van der Waals surface area contributed by atoms with E-state index in [1.54, 1.807) is 18.2 Å². The van der Waals surface area contributed by atoms with Gasteiger partial charge in [-0.2, -0.15) is 5.26 Å². The highest BCUT2D eigenvalue weighted by molar-refractivity contribution is 9.11. The number of rotatable bonds is 2. The van der Waals surface area contributed by atoms with Crippen LogP contribution in [0, 0.1) is 11.3 Å². The number of nitrogens with zero attached hydrogens (tertiary/aromatic N) is 2. The van der Waals surface area contributed by atoms with E-state index >= 15 is 0 Å². The van der Waals surface area contributed by atoms with E-state index in [2.05, 4.69) is 47.1 Å². The van der Waals surface area contributed by atoms with E-state index in [4.69, 9.17) is 5.26 Å². The van der Waals surface area contributed by atoms with Gasteiger partial charge in [0, 0.05) is 4.47 Å². The SMILES string of the molecule is N#Cc1ccc(Nc2nc[nH]c(=O)c2Br)c(Br)c1. The zero-order valence-electron chi connectivity index (χ0n) is 8.87. The Morgan fingerprint density at radius 2 is 2.17 bits per heavy atom. The van der Waals surface area contributed by atoms with Crippen LogP contribution in [0.2, 0.25) is 0 Å². The fourth-order valence-corrected chi connectivity index (χ4v) is 2.08. The second-order valence-corrected chi connectivity index (χ2v) is 4.97. The number of aromatic nitrogens is 2. The molecule has 0 radical (unpaired) electrons. The van der Waals surface area contributed by atoms with Gasteiger partial charge in [0.15, 0.2) is 5.82 Å². The summed E-state index contributed by atoms with van der Waals surface area (Å²) in [6.45, 7) is 0. The second-order valence-electron chi connectivity index (χ2n) is 3.33. The van der Waals surface area contributed by atoms with Gasteiger partial charge in [-0.3, -0.25) is 4.79 Å². The van der Waals surface area contributed by atoms with Crippen molar-refractivity contribution in [2.24, 2.45) is 0 Å². The molecular formula is C11H6Br2N4O. The molecule has 0 saturated carbocycles. The van der Waals surface area contributed by atoms with Gasteiger partial charge in [-0.05, 0) is 50.1 Å². The van der Waals surface area contributed by atoms with E-state index < -0.39 is 0 Å². The van der Waals surface area contributed by atoms with Crippen molar-refractivity contribution in [3.8, 4) is 6.07 Å². The lowest BCUT2D eigenvalue weighted by molar-refractivity contribution is 1.10. The zero-order chi connectivity index (χ0) is 13.1. The van der Waals surface area contributed by atoms with Crippen molar-refractivity contribution < 1.29 is 0 Å². The number of anilines is 2. The number of hydrogen-bond donors (Lipinski definition) is 2. The molecule has 18 heavy (non-hydrogen) atoms. The van der Waals surface area contributed by atoms with Gasteiger partial charge >= 0.3 is 0 Å². The van der Waals surface area contributed by atoms with Crippen LogP contribution < -0.4 is 10.9 Å². The Balaban J connectivity index is 2.38. The summed E-state index contributed by atoms with van der Waals surface area (Å²) in [5.41, 5.74) is 0.996. The summed E-state index contributed by atoms with van der Waals surface area (Å²) in [4.78, 5) is 17.8. The first-order valence-corrected chi connectivity index (χ1v) is 6.40. The fourth-order valence-electron chi connectivity index (χ4n) is 1.28. The van der Waals surface area contributed by atoms with Gasteiger partial charge in [-0.15, -0.1) is 0 Å². The van der Waals surface area contributed by atoms with Crippen LogP contribution in [-0.4, -0.2) is 9.97 Å². The summed E-state index contributed by atoms with van der Waals surface area (Å²) < 4.78 is 1.04. The third kappa shape index (κ3) is 2.60. The zero-order valence-corrected chi connectivity index (χ0v) is 12.0. The summed E-state index contributed by atoms with van der Waals surface area (Å²) in [7, 11) is 0. The molecule has 0 bridgehead atoms. The van der Waals surface area contributed by atoms with Crippen LogP contribution in [0.1, 0.15) is 5.56 Å². The van der Waals surface area contributed by atoms with Gasteiger partial charge in [-0.25, -0.2) is 4.98 Å². The average molecular weight is 370 g/mol. The number of nitriles is 1. The maximum absolute atomic E-state index is 11.4. The Hall–Kier alpha value is -1.65. The topological polar surface area (TPSA) is 81.6 Å². The first kappa shape index (κ1) is 12.8. The summed E-state index contributed by atoms with van der Waals surface area (Å²) >= 11 is 6.50. The molecule has 0 spiro atoms. The Bertz CT molecular complexity index is 690. The molecule has 1 aromatic heterocycles. The number of aromatic amines is 1. The minimum absolute atomic E-state index is 0.266. The highest BCUT2D eigenvalue weighted by Gasteiger charge is 2.07. The molecule has 2 rings (SSSR count). The lowest BCUT2D eigenvalue weighted by atomic mass is 10.2. The van der Waals surface area contributed by atoms with Crippen LogP contribution in [0.5, 0.6) is 0 Å². The Labute approximate surface area is 119 Å². The molecule has 0 aliphatic heterocycles. The molecular weight excluding hydrogens is 364 g/mol.